The second kappa shape index (κ2) is 9.96. The Bertz CT molecular complexity index is 766. The van der Waals surface area contributed by atoms with Crippen LogP contribution in [0.2, 0.25) is 5.02 Å². The predicted molar refractivity (Wildman–Crippen MR) is 100 cm³/mol. The zero-order valence-corrected chi connectivity index (χ0v) is 15.4. The number of halogens is 4. The van der Waals surface area contributed by atoms with E-state index in [2.05, 4.69) is 30.9 Å². The fourth-order valence-electron chi connectivity index (χ4n) is 2.20. The quantitative estimate of drug-likeness (QED) is 0.378. The van der Waals surface area contributed by atoms with Crippen molar-refractivity contribution in [1.82, 2.24) is 20.6 Å². The summed E-state index contributed by atoms with van der Waals surface area (Å²) >= 11 is 5.95. The fraction of sp³-hybridized carbons (Fsp3) is 0.353. The van der Waals surface area contributed by atoms with Gasteiger partial charge in [-0.2, -0.15) is 13.2 Å². The second-order valence-corrected chi connectivity index (χ2v) is 5.93. The number of hydrogen-bond donors (Lipinski definition) is 3. The standard InChI is InChI=1S/C17H20ClF3N6/c1-22-15(23-7-5-12-3-2-4-13(18)11-12)25-9-10-26-16-24-8-6-14(27-16)17(19,20)21/h2-4,6,8,11H,5,7,9-10H2,1H3,(H2,22,23,25)(H,24,26,27). The van der Waals surface area contributed by atoms with E-state index in [1.54, 1.807) is 7.05 Å². The maximum Gasteiger partial charge on any atom is 0.433 e. The highest BCUT2D eigenvalue weighted by Crippen LogP contribution is 2.27. The summed E-state index contributed by atoms with van der Waals surface area (Å²) in [5.74, 6) is 0.513. The van der Waals surface area contributed by atoms with Crippen molar-refractivity contribution in [1.29, 1.82) is 0 Å². The van der Waals surface area contributed by atoms with Gasteiger partial charge in [0.2, 0.25) is 5.95 Å². The van der Waals surface area contributed by atoms with E-state index in [1.165, 1.54) is 0 Å². The maximum atomic E-state index is 12.6. The molecule has 0 aliphatic heterocycles. The van der Waals surface area contributed by atoms with Crippen LogP contribution < -0.4 is 16.0 Å². The first-order valence-electron chi connectivity index (χ1n) is 8.21. The molecular weight excluding hydrogens is 381 g/mol. The molecule has 146 valence electrons. The number of anilines is 1. The molecule has 1 aromatic carbocycles. The van der Waals surface area contributed by atoms with Crippen LogP contribution in [0.4, 0.5) is 19.1 Å². The molecule has 3 N–H and O–H groups in total. The van der Waals surface area contributed by atoms with Gasteiger partial charge in [0.25, 0.3) is 0 Å². The monoisotopic (exact) mass is 400 g/mol. The number of nitrogens with one attached hydrogen (secondary N) is 3. The van der Waals surface area contributed by atoms with Crippen LogP contribution in [0.25, 0.3) is 0 Å². The minimum atomic E-state index is -4.49. The minimum absolute atomic E-state index is 0.0736. The first-order valence-corrected chi connectivity index (χ1v) is 8.59. The van der Waals surface area contributed by atoms with E-state index >= 15 is 0 Å². The second-order valence-electron chi connectivity index (χ2n) is 5.50. The average Bonchev–Trinajstić information content (AvgIpc) is 2.63. The molecular formula is C17H20ClF3N6. The van der Waals surface area contributed by atoms with Gasteiger partial charge in [0.05, 0.1) is 0 Å². The smallest absolute Gasteiger partial charge is 0.356 e. The SMILES string of the molecule is CN=C(NCCNc1nccc(C(F)(F)F)n1)NCCc1cccc(Cl)c1. The van der Waals surface area contributed by atoms with Crippen molar-refractivity contribution in [2.75, 3.05) is 32.0 Å². The zero-order valence-electron chi connectivity index (χ0n) is 14.6. The van der Waals surface area contributed by atoms with E-state index in [-0.39, 0.29) is 5.95 Å². The van der Waals surface area contributed by atoms with Crippen LogP contribution in [0.3, 0.4) is 0 Å². The largest absolute Gasteiger partial charge is 0.433 e. The maximum absolute atomic E-state index is 12.6. The molecule has 0 unspecified atom stereocenters. The predicted octanol–water partition coefficient (Wildman–Crippen LogP) is 2.97. The summed E-state index contributed by atoms with van der Waals surface area (Å²) in [6.07, 6.45) is -2.65. The van der Waals surface area contributed by atoms with Gasteiger partial charge in [-0.25, -0.2) is 9.97 Å². The van der Waals surface area contributed by atoms with Crippen LogP contribution in [0, 0.1) is 0 Å². The van der Waals surface area contributed by atoms with Crippen LogP contribution >= 0.6 is 11.6 Å². The molecule has 0 saturated carbocycles. The van der Waals surface area contributed by atoms with E-state index < -0.39 is 11.9 Å². The summed E-state index contributed by atoms with van der Waals surface area (Å²) < 4.78 is 37.8. The summed E-state index contributed by atoms with van der Waals surface area (Å²) in [6, 6.07) is 8.43. The summed E-state index contributed by atoms with van der Waals surface area (Å²) in [5.41, 5.74) is 0.125. The van der Waals surface area contributed by atoms with Crippen molar-refractivity contribution in [2.45, 2.75) is 12.6 Å². The molecule has 0 aliphatic rings. The number of aliphatic imine (C=N–C) groups is 1. The third-order valence-corrected chi connectivity index (χ3v) is 3.70. The molecule has 0 radical (unpaired) electrons. The first-order chi connectivity index (χ1) is 12.9. The molecule has 1 aromatic heterocycles. The van der Waals surface area contributed by atoms with Gasteiger partial charge in [-0.05, 0) is 30.2 Å². The van der Waals surface area contributed by atoms with E-state index in [1.807, 2.05) is 24.3 Å². The van der Waals surface area contributed by atoms with Gasteiger partial charge >= 0.3 is 6.18 Å². The van der Waals surface area contributed by atoms with Crippen LogP contribution in [-0.4, -0.2) is 42.6 Å². The molecule has 0 atom stereocenters. The lowest BCUT2D eigenvalue weighted by Gasteiger charge is -2.13. The van der Waals surface area contributed by atoms with Crippen molar-refractivity contribution in [2.24, 2.45) is 4.99 Å². The van der Waals surface area contributed by atoms with Crippen LogP contribution in [-0.2, 0) is 12.6 Å². The van der Waals surface area contributed by atoms with Crippen LogP contribution in [0.5, 0.6) is 0 Å². The molecule has 2 aromatic rings. The molecule has 0 spiro atoms. The molecule has 6 nitrogen and oxygen atoms in total. The Morgan fingerprint density at radius 2 is 1.93 bits per heavy atom. The molecule has 0 bridgehead atoms. The van der Waals surface area contributed by atoms with Crippen molar-refractivity contribution in [3.8, 4) is 0 Å². The molecule has 0 aliphatic carbocycles. The third-order valence-electron chi connectivity index (χ3n) is 3.47. The van der Waals surface area contributed by atoms with Gasteiger partial charge in [0.15, 0.2) is 5.96 Å². The molecule has 0 saturated heterocycles. The topological polar surface area (TPSA) is 74.2 Å². The molecule has 27 heavy (non-hydrogen) atoms. The van der Waals surface area contributed by atoms with E-state index in [0.717, 1.165) is 24.2 Å². The number of rotatable bonds is 7. The Morgan fingerprint density at radius 1 is 1.15 bits per heavy atom. The number of nitrogens with zero attached hydrogens (tertiary/aromatic N) is 3. The van der Waals surface area contributed by atoms with E-state index in [9.17, 15) is 13.2 Å². The zero-order chi connectivity index (χ0) is 19.7. The van der Waals surface area contributed by atoms with Gasteiger partial charge in [0.1, 0.15) is 5.69 Å². The number of benzene rings is 1. The van der Waals surface area contributed by atoms with Crippen LogP contribution in [0.1, 0.15) is 11.3 Å². The Balaban J connectivity index is 1.70. The van der Waals surface area contributed by atoms with Gasteiger partial charge in [-0.1, -0.05) is 23.7 Å². The lowest BCUT2D eigenvalue weighted by molar-refractivity contribution is -0.141. The summed E-state index contributed by atoms with van der Waals surface area (Å²) in [7, 11) is 1.64. The summed E-state index contributed by atoms with van der Waals surface area (Å²) in [6.45, 7) is 1.41. The Morgan fingerprint density at radius 3 is 2.63 bits per heavy atom. The lowest BCUT2D eigenvalue weighted by Crippen LogP contribution is -2.40. The van der Waals surface area contributed by atoms with Gasteiger partial charge < -0.3 is 16.0 Å². The Hall–Kier alpha value is -2.55. The number of alkyl halides is 3. The average molecular weight is 401 g/mol. The van der Waals surface area contributed by atoms with Gasteiger partial charge in [-0.15, -0.1) is 0 Å². The number of aromatic nitrogens is 2. The summed E-state index contributed by atoms with van der Waals surface area (Å²) in [4.78, 5) is 11.3. The number of hydrogen-bond acceptors (Lipinski definition) is 4. The van der Waals surface area contributed by atoms with Crippen molar-refractivity contribution < 1.29 is 13.2 Å². The Labute approximate surface area is 160 Å². The highest BCUT2D eigenvalue weighted by atomic mass is 35.5. The molecule has 0 amide bonds. The van der Waals surface area contributed by atoms with Gasteiger partial charge in [0, 0.05) is 37.9 Å². The highest BCUT2D eigenvalue weighted by molar-refractivity contribution is 6.30. The van der Waals surface area contributed by atoms with E-state index in [4.69, 9.17) is 11.6 Å². The summed E-state index contributed by atoms with van der Waals surface area (Å²) in [5, 5.41) is 9.64. The third kappa shape index (κ3) is 7.30. The van der Waals surface area contributed by atoms with Crippen molar-refractivity contribution >= 4 is 23.5 Å². The normalized spacial score (nSPS) is 12.0. The minimum Gasteiger partial charge on any atom is -0.356 e. The van der Waals surface area contributed by atoms with Gasteiger partial charge in [-0.3, -0.25) is 4.99 Å². The molecule has 10 heteroatoms. The van der Waals surface area contributed by atoms with Crippen LogP contribution in [0.15, 0.2) is 41.5 Å². The molecule has 2 rings (SSSR count). The molecule has 1 heterocycles. The Kier molecular flexibility index (Phi) is 7.66. The lowest BCUT2D eigenvalue weighted by atomic mass is 10.1. The fourth-order valence-corrected chi connectivity index (χ4v) is 2.41. The van der Waals surface area contributed by atoms with E-state index in [0.29, 0.717) is 30.6 Å². The molecule has 0 fully saturated rings. The first kappa shape index (κ1) is 20.8. The van der Waals surface area contributed by atoms with Crippen molar-refractivity contribution in [3.63, 3.8) is 0 Å². The number of guanidine groups is 1. The highest BCUT2D eigenvalue weighted by Gasteiger charge is 2.32. The van der Waals surface area contributed by atoms with Crippen molar-refractivity contribution in [3.05, 3.63) is 52.8 Å².